The van der Waals surface area contributed by atoms with Gasteiger partial charge in [0.25, 0.3) is 0 Å². The number of amides is 1. The van der Waals surface area contributed by atoms with Gasteiger partial charge in [0.15, 0.2) is 0 Å². The molecule has 1 aliphatic heterocycles. The van der Waals surface area contributed by atoms with Crippen LogP contribution in [0, 0.1) is 0 Å². The number of ether oxygens (including phenoxy) is 3. The SMILES string of the molecule is CC(N)=O.CCC.CCCOCCOCCNC.OCC1OCCCC1O. The molecule has 1 saturated heterocycles. The molecule has 0 spiro atoms. The predicted molar refractivity (Wildman–Crippen MR) is 109 cm³/mol. The highest BCUT2D eigenvalue weighted by atomic mass is 16.5. The molecular formula is C19H44N2O6. The monoisotopic (exact) mass is 396 g/mol. The van der Waals surface area contributed by atoms with Crippen LogP contribution in [0.3, 0.4) is 0 Å². The number of hydrogen-bond acceptors (Lipinski definition) is 7. The first kappa shape index (κ1) is 30.9. The Hall–Kier alpha value is -0.770. The maximum atomic E-state index is 9.22. The molecule has 1 rings (SSSR count). The van der Waals surface area contributed by atoms with Crippen LogP contribution in [-0.2, 0) is 19.0 Å². The number of nitrogens with one attached hydrogen (secondary N) is 1. The molecule has 2 unspecified atom stereocenters. The van der Waals surface area contributed by atoms with E-state index in [1.807, 2.05) is 7.05 Å². The summed E-state index contributed by atoms with van der Waals surface area (Å²) >= 11 is 0. The number of hydrogen-bond donors (Lipinski definition) is 4. The van der Waals surface area contributed by atoms with Gasteiger partial charge in [0.05, 0.1) is 32.5 Å². The number of rotatable bonds is 9. The molecule has 166 valence electrons. The minimum absolute atomic E-state index is 0.0683. The van der Waals surface area contributed by atoms with Crippen LogP contribution >= 0.6 is 0 Å². The molecule has 2 atom stereocenters. The van der Waals surface area contributed by atoms with Crippen molar-refractivity contribution in [2.75, 3.05) is 53.2 Å². The largest absolute Gasteiger partial charge is 0.394 e. The number of aliphatic hydroxyl groups is 2. The average Bonchev–Trinajstić information content (AvgIpc) is 2.62. The Morgan fingerprint density at radius 1 is 1.19 bits per heavy atom. The Kier molecular flexibility index (Phi) is 31.5. The lowest BCUT2D eigenvalue weighted by atomic mass is 10.1. The zero-order valence-corrected chi connectivity index (χ0v) is 18.0. The molecule has 5 N–H and O–H groups in total. The highest BCUT2D eigenvalue weighted by Gasteiger charge is 2.22. The van der Waals surface area contributed by atoms with Crippen molar-refractivity contribution in [1.82, 2.24) is 5.32 Å². The van der Waals surface area contributed by atoms with E-state index in [0.29, 0.717) is 13.2 Å². The van der Waals surface area contributed by atoms with Gasteiger partial charge in [-0.1, -0.05) is 27.2 Å². The number of aliphatic hydroxyl groups excluding tert-OH is 2. The maximum Gasteiger partial charge on any atom is 0.214 e. The summed E-state index contributed by atoms with van der Waals surface area (Å²) in [5, 5.41) is 20.7. The normalized spacial score (nSPS) is 18.0. The molecule has 8 heteroatoms. The summed E-state index contributed by atoms with van der Waals surface area (Å²) in [6, 6.07) is 0. The van der Waals surface area contributed by atoms with Crippen LogP contribution in [0.2, 0.25) is 0 Å². The minimum atomic E-state index is -0.455. The maximum absolute atomic E-state index is 9.22. The predicted octanol–water partition coefficient (Wildman–Crippen LogP) is 1.08. The molecule has 27 heavy (non-hydrogen) atoms. The molecule has 8 nitrogen and oxygen atoms in total. The first-order valence-electron chi connectivity index (χ1n) is 9.87. The zero-order chi connectivity index (χ0) is 21.3. The van der Waals surface area contributed by atoms with Gasteiger partial charge in [-0.3, -0.25) is 4.79 Å². The molecule has 0 aromatic heterocycles. The van der Waals surface area contributed by atoms with Crippen LogP contribution in [0.25, 0.3) is 0 Å². The van der Waals surface area contributed by atoms with Crippen LogP contribution in [0.1, 0.15) is 53.4 Å². The van der Waals surface area contributed by atoms with Crippen molar-refractivity contribution in [3.05, 3.63) is 0 Å². The third-order valence-corrected chi connectivity index (χ3v) is 2.80. The second-order valence-electron chi connectivity index (χ2n) is 5.95. The van der Waals surface area contributed by atoms with Crippen LogP contribution in [-0.4, -0.2) is 81.6 Å². The molecule has 0 aromatic rings. The van der Waals surface area contributed by atoms with Crippen molar-refractivity contribution >= 4 is 5.91 Å². The molecule has 0 saturated carbocycles. The van der Waals surface area contributed by atoms with E-state index >= 15 is 0 Å². The van der Waals surface area contributed by atoms with Gasteiger partial charge in [-0.15, -0.1) is 0 Å². The van der Waals surface area contributed by atoms with Gasteiger partial charge >= 0.3 is 0 Å². The fraction of sp³-hybridized carbons (Fsp3) is 0.947. The average molecular weight is 397 g/mol. The van der Waals surface area contributed by atoms with E-state index < -0.39 is 6.10 Å². The lowest BCUT2D eigenvalue weighted by molar-refractivity contribution is -0.115. The number of primary amides is 1. The molecule has 1 heterocycles. The molecule has 1 amide bonds. The third kappa shape index (κ3) is 33.3. The first-order valence-corrected chi connectivity index (χ1v) is 9.87. The lowest BCUT2D eigenvalue weighted by Crippen LogP contribution is -2.36. The molecule has 0 radical (unpaired) electrons. The quantitative estimate of drug-likeness (QED) is 0.430. The van der Waals surface area contributed by atoms with Crippen LogP contribution in [0.5, 0.6) is 0 Å². The van der Waals surface area contributed by atoms with Crippen LogP contribution < -0.4 is 11.1 Å². The standard InChI is InChI=1S/C8H19NO2.C6H12O3.C3H8.C2H5NO/c1-3-5-10-7-8-11-6-4-9-2;7-4-6-5(8)2-1-3-9-6;1-3-2;1-2(3)4/h9H,3-8H2,1-2H3;5-8H,1-4H2;3H2,1-2H3;1H3,(H2,3,4). The second kappa shape index (κ2) is 27.4. The van der Waals surface area contributed by atoms with E-state index in [4.69, 9.17) is 24.4 Å². The highest BCUT2D eigenvalue weighted by Crippen LogP contribution is 2.12. The molecule has 1 aliphatic rings. The van der Waals surface area contributed by atoms with E-state index in [1.165, 1.54) is 13.3 Å². The van der Waals surface area contributed by atoms with E-state index in [2.05, 4.69) is 31.8 Å². The summed E-state index contributed by atoms with van der Waals surface area (Å²) in [5.41, 5.74) is 4.47. The van der Waals surface area contributed by atoms with E-state index in [0.717, 1.165) is 45.6 Å². The molecule has 1 fully saturated rings. The first-order chi connectivity index (χ1) is 12.9. The Balaban J connectivity index is -0.000000321. The summed E-state index contributed by atoms with van der Waals surface area (Å²) in [6.45, 7) is 12.2. The lowest BCUT2D eigenvalue weighted by Gasteiger charge is -2.25. The van der Waals surface area contributed by atoms with E-state index in [-0.39, 0.29) is 18.6 Å². The van der Waals surface area contributed by atoms with Crippen molar-refractivity contribution in [2.45, 2.75) is 65.6 Å². The Bertz CT molecular complexity index is 271. The summed E-state index contributed by atoms with van der Waals surface area (Å²) in [5.74, 6) is -0.333. The topological polar surface area (TPSA) is 123 Å². The van der Waals surface area contributed by atoms with E-state index in [1.54, 1.807) is 0 Å². The minimum Gasteiger partial charge on any atom is -0.394 e. The number of carbonyl (C=O) groups is 1. The number of carbonyl (C=O) groups excluding carboxylic acids is 1. The smallest absolute Gasteiger partial charge is 0.214 e. The second-order valence-corrected chi connectivity index (χ2v) is 5.95. The Labute approximate surface area is 165 Å². The molecular weight excluding hydrogens is 352 g/mol. The summed E-state index contributed by atoms with van der Waals surface area (Å²) in [6.07, 6.45) is 3.20. The van der Waals surface area contributed by atoms with Crippen molar-refractivity contribution in [3.63, 3.8) is 0 Å². The molecule has 0 bridgehead atoms. The summed E-state index contributed by atoms with van der Waals surface area (Å²) in [4.78, 5) is 9.22. The Morgan fingerprint density at radius 3 is 2.07 bits per heavy atom. The van der Waals surface area contributed by atoms with Crippen molar-refractivity contribution in [3.8, 4) is 0 Å². The van der Waals surface area contributed by atoms with Crippen LogP contribution in [0.4, 0.5) is 0 Å². The van der Waals surface area contributed by atoms with Crippen molar-refractivity contribution in [1.29, 1.82) is 0 Å². The number of likely N-dealkylation sites (N-methyl/N-ethyl adjacent to an activating group) is 1. The van der Waals surface area contributed by atoms with Gasteiger partial charge in [0.1, 0.15) is 6.10 Å². The zero-order valence-electron chi connectivity index (χ0n) is 18.0. The summed E-state index contributed by atoms with van der Waals surface area (Å²) < 4.78 is 15.5. The van der Waals surface area contributed by atoms with Gasteiger partial charge in [0.2, 0.25) is 5.91 Å². The molecule has 0 aliphatic carbocycles. The Morgan fingerprint density at radius 2 is 1.70 bits per heavy atom. The fourth-order valence-electron chi connectivity index (χ4n) is 1.64. The van der Waals surface area contributed by atoms with Crippen LogP contribution in [0.15, 0.2) is 0 Å². The van der Waals surface area contributed by atoms with Gasteiger partial charge < -0.3 is 35.5 Å². The summed E-state index contributed by atoms with van der Waals surface area (Å²) in [7, 11) is 1.91. The van der Waals surface area contributed by atoms with E-state index in [9.17, 15) is 4.79 Å². The molecule has 0 aromatic carbocycles. The van der Waals surface area contributed by atoms with Gasteiger partial charge in [-0.2, -0.15) is 0 Å². The van der Waals surface area contributed by atoms with Gasteiger partial charge in [0, 0.05) is 26.7 Å². The third-order valence-electron chi connectivity index (χ3n) is 2.80. The van der Waals surface area contributed by atoms with Gasteiger partial charge in [-0.05, 0) is 26.3 Å². The van der Waals surface area contributed by atoms with Crippen molar-refractivity contribution < 1.29 is 29.2 Å². The number of nitrogens with two attached hydrogens (primary N) is 1. The van der Waals surface area contributed by atoms with Gasteiger partial charge in [-0.25, -0.2) is 0 Å². The fourth-order valence-corrected chi connectivity index (χ4v) is 1.64. The van der Waals surface area contributed by atoms with Crippen molar-refractivity contribution in [2.24, 2.45) is 5.73 Å². The highest BCUT2D eigenvalue weighted by molar-refractivity contribution is 5.70.